The van der Waals surface area contributed by atoms with Crippen LogP contribution in [0, 0.1) is 0 Å². The molecule has 1 heterocycles. The SMILES string of the molecule is FC(F)(F)CCCNc1cccc(Br)n1. The molecule has 0 saturated carbocycles. The van der Waals surface area contributed by atoms with Crippen LogP contribution in [0.4, 0.5) is 19.0 Å². The predicted octanol–water partition coefficient (Wildman–Crippen LogP) is 3.60. The van der Waals surface area contributed by atoms with Gasteiger partial charge in [-0.15, -0.1) is 0 Å². The largest absolute Gasteiger partial charge is 0.389 e. The molecule has 2 nitrogen and oxygen atoms in total. The van der Waals surface area contributed by atoms with E-state index >= 15 is 0 Å². The number of aromatic nitrogens is 1. The molecule has 1 aromatic rings. The fraction of sp³-hybridized carbons (Fsp3) is 0.444. The van der Waals surface area contributed by atoms with Crippen LogP contribution in [0.1, 0.15) is 12.8 Å². The number of hydrogen-bond acceptors (Lipinski definition) is 2. The van der Waals surface area contributed by atoms with Gasteiger partial charge in [0, 0.05) is 13.0 Å². The van der Waals surface area contributed by atoms with Crippen LogP contribution in [0.25, 0.3) is 0 Å². The summed E-state index contributed by atoms with van der Waals surface area (Å²) in [6, 6.07) is 5.22. The third kappa shape index (κ3) is 5.61. The lowest BCUT2D eigenvalue weighted by Gasteiger charge is -2.07. The number of pyridine rings is 1. The summed E-state index contributed by atoms with van der Waals surface area (Å²) in [6.45, 7) is 0.267. The molecule has 0 aromatic carbocycles. The lowest BCUT2D eigenvalue weighted by Crippen LogP contribution is -2.11. The molecule has 1 rings (SSSR count). The van der Waals surface area contributed by atoms with Crippen molar-refractivity contribution in [2.24, 2.45) is 0 Å². The third-order valence-corrected chi connectivity index (χ3v) is 2.10. The molecule has 1 aromatic heterocycles. The topological polar surface area (TPSA) is 24.9 Å². The summed E-state index contributed by atoms with van der Waals surface area (Å²) < 4.78 is 36.0. The molecule has 1 N–H and O–H groups in total. The molecule has 6 heteroatoms. The normalized spacial score (nSPS) is 11.5. The lowest BCUT2D eigenvalue weighted by atomic mass is 10.3. The summed E-state index contributed by atoms with van der Waals surface area (Å²) in [5, 5.41) is 2.82. The zero-order valence-corrected chi connectivity index (χ0v) is 9.40. The number of hydrogen-bond donors (Lipinski definition) is 1. The maximum absolute atomic E-state index is 11.8. The zero-order chi connectivity index (χ0) is 11.3. The van der Waals surface area contributed by atoms with E-state index in [9.17, 15) is 13.2 Å². The van der Waals surface area contributed by atoms with Gasteiger partial charge in [0.05, 0.1) is 0 Å². The Balaban J connectivity index is 2.26. The van der Waals surface area contributed by atoms with Gasteiger partial charge in [0.15, 0.2) is 0 Å². The van der Waals surface area contributed by atoms with Crippen molar-refractivity contribution in [3.63, 3.8) is 0 Å². The maximum Gasteiger partial charge on any atom is 0.389 e. The van der Waals surface area contributed by atoms with Crippen molar-refractivity contribution < 1.29 is 13.2 Å². The third-order valence-electron chi connectivity index (χ3n) is 1.66. The summed E-state index contributed by atoms with van der Waals surface area (Å²) in [6.07, 6.45) is -4.79. The van der Waals surface area contributed by atoms with Crippen molar-refractivity contribution in [3.05, 3.63) is 22.8 Å². The summed E-state index contributed by atoms with van der Waals surface area (Å²) >= 11 is 3.17. The van der Waals surface area contributed by atoms with Crippen molar-refractivity contribution >= 4 is 21.7 Å². The van der Waals surface area contributed by atoms with E-state index in [0.29, 0.717) is 10.4 Å². The first kappa shape index (κ1) is 12.3. The zero-order valence-electron chi connectivity index (χ0n) is 7.81. The molecule has 0 amide bonds. The average Bonchev–Trinajstić information content (AvgIpc) is 2.11. The van der Waals surface area contributed by atoms with Crippen LogP contribution in [0.3, 0.4) is 0 Å². The highest BCUT2D eigenvalue weighted by Crippen LogP contribution is 2.21. The molecule has 0 aliphatic rings. The number of nitrogens with zero attached hydrogens (tertiary/aromatic N) is 1. The Hall–Kier alpha value is -0.780. The van der Waals surface area contributed by atoms with Crippen LogP contribution in [0.15, 0.2) is 22.8 Å². The maximum atomic E-state index is 11.8. The van der Waals surface area contributed by atoms with E-state index in [-0.39, 0.29) is 13.0 Å². The summed E-state index contributed by atoms with van der Waals surface area (Å²) in [4.78, 5) is 4.03. The van der Waals surface area contributed by atoms with Crippen molar-refractivity contribution in [2.75, 3.05) is 11.9 Å². The quantitative estimate of drug-likeness (QED) is 0.674. The second kappa shape index (κ2) is 5.34. The fourth-order valence-electron chi connectivity index (χ4n) is 1.01. The monoisotopic (exact) mass is 282 g/mol. The van der Waals surface area contributed by atoms with Crippen molar-refractivity contribution in [1.29, 1.82) is 0 Å². The summed E-state index contributed by atoms with van der Waals surface area (Å²) in [5.41, 5.74) is 0. The van der Waals surface area contributed by atoms with Gasteiger partial charge >= 0.3 is 6.18 Å². The van der Waals surface area contributed by atoms with E-state index in [1.54, 1.807) is 18.2 Å². The minimum Gasteiger partial charge on any atom is -0.370 e. The Labute approximate surface area is 94.0 Å². The number of alkyl halides is 3. The Morgan fingerprint density at radius 3 is 2.67 bits per heavy atom. The van der Waals surface area contributed by atoms with Gasteiger partial charge in [-0.3, -0.25) is 0 Å². The van der Waals surface area contributed by atoms with Gasteiger partial charge in [-0.25, -0.2) is 4.98 Å². The van der Waals surface area contributed by atoms with Crippen molar-refractivity contribution in [1.82, 2.24) is 4.98 Å². The Bertz CT molecular complexity index is 314. The lowest BCUT2D eigenvalue weighted by molar-refractivity contribution is -0.134. The molecular formula is C9H10BrF3N2. The molecule has 0 spiro atoms. The minimum absolute atomic E-state index is 0.0533. The van der Waals surface area contributed by atoms with E-state index in [1.807, 2.05) is 0 Å². The molecule has 0 aliphatic carbocycles. The van der Waals surface area contributed by atoms with Gasteiger partial charge < -0.3 is 5.32 Å². The highest BCUT2D eigenvalue weighted by Gasteiger charge is 2.25. The average molecular weight is 283 g/mol. The van der Waals surface area contributed by atoms with Crippen LogP contribution in [-0.2, 0) is 0 Å². The van der Waals surface area contributed by atoms with Crippen LogP contribution >= 0.6 is 15.9 Å². The van der Waals surface area contributed by atoms with Crippen LogP contribution in [0.5, 0.6) is 0 Å². The molecular weight excluding hydrogens is 273 g/mol. The molecule has 0 atom stereocenters. The summed E-state index contributed by atoms with van der Waals surface area (Å²) in [7, 11) is 0. The van der Waals surface area contributed by atoms with E-state index in [0.717, 1.165) is 0 Å². The van der Waals surface area contributed by atoms with Gasteiger partial charge in [0.2, 0.25) is 0 Å². The summed E-state index contributed by atoms with van der Waals surface area (Å²) in [5.74, 6) is 0.576. The van der Waals surface area contributed by atoms with Crippen LogP contribution < -0.4 is 5.32 Å². The first-order valence-corrected chi connectivity index (χ1v) is 5.20. The fourth-order valence-corrected chi connectivity index (χ4v) is 1.36. The standard InChI is InChI=1S/C9H10BrF3N2/c10-7-3-1-4-8(15-7)14-6-2-5-9(11,12)13/h1,3-4H,2,5-6H2,(H,14,15). The molecule has 0 aliphatic heterocycles. The molecule has 0 bridgehead atoms. The molecule has 0 unspecified atom stereocenters. The molecule has 15 heavy (non-hydrogen) atoms. The minimum atomic E-state index is -4.08. The van der Waals surface area contributed by atoms with Gasteiger partial charge in [-0.05, 0) is 34.5 Å². The van der Waals surface area contributed by atoms with Crippen molar-refractivity contribution in [3.8, 4) is 0 Å². The van der Waals surface area contributed by atoms with Gasteiger partial charge in [0.25, 0.3) is 0 Å². The molecule has 0 saturated heterocycles. The smallest absolute Gasteiger partial charge is 0.370 e. The second-order valence-corrected chi connectivity index (χ2v) is 3.80. The number of rotatable bonds is 4. The first-order valence-electron chi connectivity index (χ1n) is 4.40. The van der Waals surface area contributed by atoms with E-state index < -0.39 is 12.6 Å². The first-order chi connectivity index (χ1) is 6.97. The van der Waals surface area contributed by atoms with Gasteiger partial charge in [-0.2, -0.15) is 13.2 Å². The van der Waals surface area contributed by atoms with Crippen LogP contribution in [-0.4, -0.2) is 17.7 Å². The predicted molar refractivity (Wildman–Crippen MR) is 55.7 cm³/mol. The van der Waals surface area contributed by atoms with Crippen molar-refractivity contribution in [2.45, 2.75) is 19.0 Å². The Morgan fingerprint density at radius 2 is 2.07 bits per heavy atom. The van der Waals surface area contributed by atoms with E-state index in [2.05, 4.69) is 26.2 Å². The number of anilines is 1. The van der Waals surface area contributed by atoms with E-state index in [4.69, 9.17) is 0 Å². The highest BCUT2D eigenvalue weighted by molar-refractivity contribution is 9.10. The molecule has 84 valence electrons. The Kier molecular flexibility index (Phi) is 4.38. The Morgan fingerprint density at radius 1 is 1.33 bits per heavy atom. The van der Waals surface area contributed by atoms with Gasteiger partial charge in [0.1, 0.15) is 10.4 Å². The molecule has 0 radical (unpaired) electrons. The van der Waals surface area contributed by atoms with E-state index in [1.165, 1.54) is 0 Å². The molecule has 0 fully saturated rings. The van der Waals surface area contributed by atoms with Crippen LogP contribution in [0.2, 0.25) is 0 Å². The van der Waals surface area contributed by atoms with Gasteiger partial charge in [-0.1, -0.05) is 6.07 Å². The number of halogens is 4. The second-order valence-electron chi connectivity index (χ2n) is 2.99. The number of nitrogens with one attached hydrogen (secondary N) is 1. The highest BCUT2D eigenvalue weighted by atomic mass is 79.9.